The van der Waals surface area contributed by atoms with Gasteiger partial charge >= 0.3 is 0 Å². The van der Waals surface area contributed by atoms with Crippen molar-refractivity contribution in [1.82, 2.24) is 0 Å². The zero-order valence-corrected chi connectivity index (χ0v) is 10.2. The molecular weight excluding hydrogens is 266 g/mol. The zero-order valence-electron chi connectivity index (χ0n) is 7.00. The second-order valence-electron chi connectivity index (χ2n) is 2.67. The quantitative estimate of drug-likeness (QED) is 0.796. The number of thiophene rings is 1. The fourth-order valence-electron chi connectivity index (χ4n) is 1.28. The summed E-state index contributed by atoms with van der Waals surface area (Å²) in [5.41, 5.74) is 6.77. The number of nitrogen functional groups attached to an aromatic ring is 1. The predicted molar refractivity (Wildman–Crippen MR) is 65.7 cm³/mol. The molecule has 0 saturated heterocycles. The first-order valence-corrected chi connectivity index (χ1v) is 6.62. The van der Waals surface area contributed by atoms with Crippen LogP contribution in [0, 0.1) is 0 Å². The molecule has 13 heavy (non-hydrogen) atoms. The number of hydrogen-bond donors (Lipinski definition) is 1. The standard InChI is InChI=1S/C9H8BrNS2/c1-12-7-2-5(10)3-8-9(7)6(11)4-13-8/h2-4H,11H2,1H3. The summed E-state index contributed by atoms with van der Waals surface area (Å²) < 4.78 is 2.36. The number of nitrogens with two attached hydrogens (primary N) is 1. The maximum atomic E-state index is 5.88. The molecule has 1 aromatic heterocycles. The highest BCUT2D eigenvalue weighted by atomic mass is 79.9. The minimum absolute atomic E-state index is 0.886. The summed E-state index contributed by atoms with van der Waals surface area (Å²) in [5, 5.41) is 3.19. The summed E-state index contributed by atoms with van der Waals surface area (Å²) >= 11 is 6.90. The lowest BCUT2D eigenvalue weighted by atomic mass is 10.2. The largest absolute Gasteiger partial charge is 0.398 e. The van der Waals surface area contributed by atoms with Crippen LogP contribution in [0.2, 0.25) is 0 Å². The molecule has 1 heterocycles. The highest BCUT2D eigenvalue weighted by Crippen LogP contribution is 2.37. The van der Waals surface area contributed by atoms with Gasteiger partial charge in [0.2, 0.25) is 0 Å². The molecule has 2 aromatic rings. The fourth-order valence-corrected chi connectivity index (χ4v) is 3.70. The van der Waals surface area contributed by atoms with Crippen molar-refractivity contribution in [3.8, 4) is 0 Å². The molecule has 68 valence electrons. The Kier molecular flexibility index (Phi) is 2.53. The van der Waals surface area contributed by atoms with Crippen LogP contribution in [0.5, 0.6) is 0 Å². The van der Waals surface area contributed by atoms with Gasteiger partial charge in [0.15, 0.2) is 0 Å². The number of benzene rings is 1. The van der Waals surface area contributed by atoms with Gasteiger partial charge in [0.05, 0.1) is 5.69 Å². The van der Waals surface area contributed by atoms with Crippen LogP contribution in [-0.2, 0) is 0 Å². The molecule has 2 rings (SSSR count). The van der Waals surface area contributed by atoms with Gasteiger partial charge in [-0.15, -0.1) is 23.1 Å². The molecule has 0 amide bonds. The van der Waals surface area contributed by atoms with Crippen LogP contribution in [-0.4, -0.2) is 6.26 Å². The summed E-state index contributed by atoms with van der Waals surface area (Å²) in [6, 6.07) is 4.21. The highest BCUT2D eigenvalue weighted by Gasteiger charge is 2.07. The van der Waals surface area contributed by atoms with Gasteiger partial charge in [-0.1, -0.05) is 15.9 Å². The van der Waals surface area contributed by atoms with E-state index in [1.54, 1.807) is 23.1 Å². The Balaban J connectivity index is 2.85. The van der Waals surface area contributed by atoms with Crippen LogP contribution < -0.4 is 5.73 Å². The SMILES string of the molecule is CSc1cc(Br)cc2scc(N)c12. The first kappa shape index (κ1) is 9.37. The molecule has 0 spiro atoms. The molecule has 1 aromatic carbocycles. The minimum atomic E-state index is 0.886. The topological polar surface area (TPSA) is 26.0 Å². The summed E-state index contributed by atoms with van der Waals surface area (Å²) in [5.74, 6) is 0. The van der Waals surface area contributed by atoms with E-state index in [0.29, 0.717) is 0 Å². The average molecular weight is 274 g/mol. The van der Waals surface area contributed by atoms with Gasteiger partial charge in [-0.3, -0.25) is 0 Å². The van der Waals surface area contributed by atoms with Gasteiger partial charge in [0.1, 0.15) is 0 Å². The lowest BCUT2D eigenvalue weighted by molar-refractivity contribution is 1.54. The van der Waals surface area contributed by atoms with E-state index in [-0.39, 0.29) is 0 Å². The van der Waals surface area contributed by atoms with Crippen molar-refractivity contribution in [2.24, 2.45) is 0 Å². The molecule has 0 aliphatic rings. The minimum Gasteiger partial charge on any atom is -0.398 e. The second kappa shape index (κ2) is 3.52. The van der Waals surface area contributed by atoms with Crippen molar-refractivity contribution >= 4 is 54.8 Å². The van der Waals surface area contributed by atoms with E-state index in [9.17, 15) is 0 Å². The number of anilines is 1. The van der Waals surface area contributed by atoms with Crippen LogP contribution in [0.1, 0.15) is 0 Å². The molecule has 0 atom stereocenters. The highest BCUT2D eigenvalue weighted by molar-refractivity contribution is 9.10. The monoisotopic (exact) mass is 273 g/mol. The maximum Gasteiger partial charge on any atom is 0.0514 e. The summed E-state index contributed by atoms with van der Waals surface area (Å²) in [6.45, 7) is 0. The van der Waals surface area contributed by atoms with Crippen LogP contribution in [0.4, 0.5) is 5.69 Å². The van der Waals surface area contributed by atoms with Crippen molar-refractivity contribution in [1.29, 1.82) is 0 Å². The van der Waals surface area contributed by atoms with Gasteiger partial charge < -0.3 is 5.73 Å². The van der Waals surface area contributed by atoms with E-state index in [0.717, 1.165) is 10.2 Å². The Labute approximate surface area is 93.4 Å². The van der Waals surface area contributed by atoms with Crippen molar-refractivity contribution < 1.29 is 0 Å². The molecular formula is C9H8BrNS2. The Morgan fingerprint density at radius 2 is 2.23 bits per heavy atom. The molecule has 0 radical (unpaired) electrons. The Bertz CT molecular complexity index is 450. The number of thioether (sulfide) groups is 1. The van der Waals surface area contributed by atoms with E-state index in [4.69, 9.17) is 5.73 Å². The van der Waals surface area contributed by atoms with Crippen LogP contribution in [0.15, 0.2) is 26.9 Å². The summed E-state index contributed by atoms with van der Waals surface area (Å²) in [7, 11) is 0. The van der Waals surface area contributed by atoms with Gasteiger partial charge in [-0.05, 0) is 18.4 Å². The van der Waals surface area contributed by atoms with Crippen LogP contribution in [0.3, 0.4) is 0 Å². The normalized spacial score (nSPS) is 10.9. The number of halogens is 1. The van der Waals surface area contributed by atoms with E-state index in [2.05, 4.69) is 34.3 Å². The third-order valence-electron chi connectivity index (χ3n) is 1.85. The van der Waals surface area contributed by atoms with Crippen molar-refractivity contribution in [3.63, 3.8) is 0 Å². The fraction of sp³-hybridized carbons (Fsp3) is 0.111. The Morgan fingerprint density at radius 1 is 1.46 bits per heavy atom. The molecule has 0 unspecified atom stereocenters. The third-order valence-corrected chi connectivity index (χ3v) is 4.02. The van der Waals surface area contributed by atoms with E-state index >= 15 is 0 Å². The first-order valence-electron chi connectivity index (χ1n) is 3.72. The Morgan fingerprint density at radius 3 is 2.92 bits per heavy atom. The van der Waals surface area contributed by atoms with Gasteiger partial charge in [0, 0.05) is 24.8 Å². The molecule has 0 saturated carbocycles. The molecule has 2 N–H and O–H groups in total. The van der Waals surface area contributed by atoms with Gasteiger partial charge in [-0.2, -0.15) is 0 Å². The number of rotatable bonds is 1. The molecule has 4 heteroatoms. The maximum absolute atomic E-state index is 5.88. The Hall–Kier alpha value is -0.190. The van der Waals surface area contributed by atoms with Gasteiger partial charge in [-0.25, -0.2) is 0 Å². The smallest absolute Gasteiger partial charge is 0.0514 e. The van der Waals surface area contributed by atoms with E-state index < -0.39 is 0 Å². The lowest BCUT2D eigenvalue weighted by Crippen LogP contribution is -1.82. The number of fused-ring (bicyclic) bond motifs is 1. The van der Waals surface area contributed by atoms with Gasteiger partial charge in [0.25, 0.3) is 0 Å². The third kappa shape index (κ3) is 1.58. The summed E-state index contributed by atoms with van der Waals surface area (Å²) in [4.78, 5) is 1.24. The summed E-state index contributed by atoms with van der Waals surface area (Å²) in [6.07, 6.45) is 2.07. The van der Waals surface area contributed by atoms with E-state index in [1.807, 2.05) is 5.38 Å². The predicted octanol–water partition coefficient (Wildman–Crippen LogP) is 3.97. The lowest BCUT2D eigenvalue weighted by Gasteiger charge is -2.01. The van der Waals surface area contributed by atoms with Crippen molar-refractivity contribution in [2.75, 3.05) is 12.0 Å². The molecule has 0 aliphatic carbocycles. The first-order chi connectivity index (χ1) is 6.22. The van der Waals surface area contributed by atoms with Crippen LogP contribution >= 0.6 is 39.0 Å². The molecule has 1 nitrogen and oxygen atoms in total. The number of hydrogen-bond acceptors (Lipinski definition) is 3. The van der Waals surface area contributed by atoms with Crippen molar-refractivity contribution in [3.05, 3.63) is 22.0 Å². The van der Waals surface area contributed by atoms with E-state index in [1.165, 1.54) is 15.0 Å². The zero-order chi connectivity index (χ0) is 9.42. The molecule has 0 bridgehead atoms. The van der Waals surface area contributed by atoms with Crippen LogP contribution in [0.25, 0.3) is 10.1 Å². The van der Waals surface area contributed by atoms with Crippen molar-refractivity contribution in [2.45, 2.75) is 4.90 Å². The molecule has 0 aliphatic heterocycles. The molecule has 0 fully saturated rings. The second-order valence-corrected chi connectivity index (χ2v) is 5.35. The average Bonchev–Trinajstić information content (AvgIpc) is 2.46.